The summed E-state index contributed by atoms with van der Waals surface area (Å²) in [7, 11) is 0. The molecule has 1 fully saturated rings. The van der Waals surface area contributed by atoms with Gasteiger partial charge in [0.05, 0.1) is 5.56 Å². The van der Waals surface area contributed by atoms with Crippen molar-refractivity contribution < 1.29 is 9.59 Å². The predicted octanol–water partition coefficient (Wildman–Crippen LogP) is 3.20. The average Bonchev–Trinajstić information content (AvgIpc) is 3.32. The highest BCUT2D eigenvalue weighted by molar-refractivity contribution is 6.32. The number of H-pyrrole nitrogens is 1. The van der Waals surface area contributed by atoms with Crippen molar-refractivity contribution in [3.63, 3.8) is 0 Å². The van der Waals surface area contributed by atoms with Crippen LogP contribution in [0.3, 0.4) is 0 Å². The third-order valence-corrected chi connectivity index (χ3v) is 5.83. The van der Waals surface area contributed by atoms with E-state index in [4.69, 9.17) is 11.6 Å². The number of nitrogens with one attached hydrogen (secondary N) is 3. The molecular weight excluding hydrogens is 411 g/mol. The molecule has 8 heteroatoms. The van der Waals surface area contributed by atoms with Crippen molar-refractivity contribution in [2.24, 2.45) is 0 Å². The second-order valence-corrected chi connectivity index (χ2v) is 7.57. The maximum absolute atomic E-state index is 12.8. The van der Waals surface area contributed by atoms with E-state index in [-0.39, 0.29) is 24.2 Å². The lowest BCUT2D eigenvalue weighted by Crippen LogP contribution is -2.46. The molecule has 0 spiro atoms. The van der Waals surface area contributed by atoms with Gasteiger partial charge < -0.3 is 20.5 Å². The number of amides is 2. The molecule has 5 rings (SSSR count). The van der Waals surface area contributed by atoms with E-state index >= 15 is 0 Å². The Hall–Kier alpha value is -2.54. The van der Waals surface area contributed by atoms with Gasteiger partial charge in [0.2, 0.25) is 0 Å². The van der Waals surface area contributed by atoms with Gasteiger partial charge in [-0.3, -0.25) is 9.59 Å². The molecule has 1 aromatic heterocycles. The number of carbonyl (C=O) groups is 2. The number of carbonyl (C=O) groups excluding carboxylic acids is 2. The van der Waals surface area contributed by atoms with Gasteiger partial charge in [-0.15, -0.1) is 12.4 Å². The standard InChI is InChI=1S/C21H19ClN4O2.ClH/c22-16-4-3-14(19-15(16)11-24-20(19)27)18-9-12-1-2-13(10-17(12)25-18)21(28)26-7-5-23-6-8-26;/h1-4,9-10,23,25H,5-8,11H2,(H,24,27);1H. The zero-order valence-electron chi connectivity index (χ0n) is 15.5. The molecule has 0 atom stereocenters. The molecule has 2 aromatic carbocycles. The predicted molar refractivity (Wildman–Crippen MR) is 116 cm³/mol. The molecule has 6 nitrogen and oxygen atoms in total. The van der Waals surface area contributed by atoms with Crippen LogP contribution in [0.1, 0.15) is 26.3 Å². The lowest BCUT2D eigenvalue weighted by molar-refractivity contribution is 0.0735. The van der Waals surface area contributed by atoms with Crippen LogP contribution < -0.4 is 10.6 Å². The Morgan fingerprint density at radius 3 is 2.66 bits per heavy atom. The molecule has 0 aliphatic carbocycles. The first-order valence-electron chi connectivity index (χ1n) is 9.34. The number of hydrogen-bond acceptors (Lipinski definition) is 3. The molecule has 3 N–H and O–H groups in total. The minimum absolute atomic E-state index is 0. The first kappa shape index (κ1) is 19.8. The zero-order chi connectivity index (χ0) is 19.3. The molecule has 0 radical (unpaired) electrons. The van der Waals surface area contributed by atoms with Crippen LogP contribution in [-0.2, 0) is 6.54 Å². The minimum atomic E-state index is -0.110. The summed E-state index contributed by atoms with van der Waals surface area (Å²) in [5.41, 5.74) is 4.65. The van der Waals surface area contributed by atoms with Crippen LogP contribution in [0.4, 0.5) is 0 Å². The van der Waals surface area contributed by atoms with Gasteiger partial charge in [0.25, 0.3) is 11.8 Å². The van der Waals surface area contributed by atoms with Crippen molar-refractivity contribution in [3.05, 3.63) is 58.1 Å². The summed E-state index contributed by atoms with van der Waals surface area (Å²) in [4.78, 5) is 30.3. The van der Waals surface area contributed by atoms with Crippen LogP contribution in [-0.4, -0.2) is 47.9 Å². The van der Waals surface area contributed by atoms with Crippen molar-refractivity contribution in [1.82, 2.24) is 20.5 Å². The number of hydrogen-bond donors (Lipinski definition) is 3. The van der Waals surface area contributed by atoms with Gasteiger partial charge in [0, 0.05) is 71.0 Å². The fourth-order valence-corrected chi connectivity index (χ4v) is 4.22. The smallest absolute Gasteiger partial charge is 0.254 e. The highest BCUT2D eigenvalue weighted by Gasteiger charge is 2.26. The third-order valence-electron chi connectivity index (χ3n) is 5.47. The molecule has 150 valence electrons. The maximum Gasteiger partial charge on any atom is 0.254 e. The van der Waals surface area contributed by atoms with Crippen LogP contribution in [0.2, 0.25) is 5.02 Å². The van der Waals surface area contributed by atoms with Crippen LogP contribution in [0.5, 0.6) is 0 Å². The van der Waals surface area contributed by atoms with E-state index in [1.807, 2.05) is 41.3 Å². The van der Waals surface area contributed by atoms with E-state index < -0.39 is 0 Å². The Labute approximate surface area is 179 Å². The van der Waals surface area contributed by atoms with E-state index in [1.54, 1.807) is 0 Å². The Morgan fingerprint density at radius 1 is 1.07 bits per heavy atom. The van der Waals surface area contributed by atoms with Gasteiger partial charge in [0.15, 0.2) is 0 Å². The second-order valence-electron chi connectivity index (χ2n) is 7.16. The number of halogens is 2. The largest absolute Gasteiger partial charge is 0.354 e. The lowest BCUT2D eigenvalue weighted by atomic mass is 10.0. The Kier molecular flexibility index (Phi) is 5.25. The van der Waals surface area contributed by atoms with Gasteiger partial charge in [-0.1, -0.05) is 23.7 Å². The molecule has 2 amide bonds. The van der Waals surface area contributed by atoms with Crippen molar-refractivity contribution in [2.75, 3.05) is 26.2 Å². The Morgan fingerprint density at radius 2 is 1.86 bits per heavy atom. The first-order valence-corrected chi connectivity index (χ1v) is 9.72. The molecule has 1 saturated heterocycles. The number of aromatic nitrogens is 1. The van der Waals surface area contributed by atoms with Crippen molar-refractivity contribution >= 4 is 46.7 Å². The number of aromatic amines is 1. The maximum atomic E-state index is 12.8. The quantitative estimate of drug-likeness (QED) is 0.583. The van der Waals surface area contributed by atoms with Gasteiger partial charge in [-0.05, 0) is 24.3 Å². The van der Waals surface area contributed by atoms with E-state index in [1.165, 1.54) is 0 Å². The minimum Gasteiger partial charge on any atom is -0.354 e. The Balaban J connectivity index is 0.00000205. The normalized spacial score (nSPS) is 15.8. The molecule has 29 heavy (non-hydrogen) atoms. The van der Waals surface area contributed by atoms with Crippen LogP contribution in [0, 0.1) is 0 Å². The van der Waals surface area contributed by atoms with Gasteiger partial charge >= 0.3 is 0 Å². The molecule has 3 heterocycles. The topological polar surface area (TPSA) is 77.2 Å². The lowest BCUT2D eigenvalue weighted by Gasteiger charge is -2.27. The summed E-state index contributed by atoms with van der Waals surface area (Å²) in [6, 6.07) is 11.4. The van der Waals surface area contributed by atoms with Crippen molar-refractivity contribution in [1.29, 1.82) is 0 Å². The highest BCUT2D eigenvalue weighted by atomic mass is 35.5. The highest BCUT2D eigenvalue weighted by Crippen LogP contribution is 2.34. The number of benzene rings is 2. The van der Waals surface area contributed by atoms with Gasteiger partial charge in [0.1, 0.15) is 0 Å². The van der Waals surface area contributed by atoms with E-state index in [2.05, 4.69) is 15.6 Å². The Bertz CT molecular complexity index is 1120. The average molecular weight is 431 g/mol. The number of piperazine rings is 1. The molecule has 0 saturated carbocycles. The zero-order valence-corrected chi connectivity index (χ0v) is 17.1. The second kappa shape index (κ2) is 7.71. The third kappa shape index (κ3) is 3.37. The number of fused-ring (bicyclic) bond motifs is 2. The summed E-state index contributed by atoms with van der Waals surface area (Å²) in [6.07, 6.45) is 0. The molecular formula is C21H20Cl2N4O2. The number of rotatable bonds is 2. The van der Waals surface area contributed by atoms with Crippen LogP contribution in [0.15, 0.2) is 36.4 Å². The summed E-state index contributed by atoms with van der Waals surface area (Å²) in [5, 5.41) is 7.68. The molecule has 2 aliphatic heterocycles. The molecule has 3 aromatic rings. The summed E-state index contributed by atoms with van der Waals surface area (Å²) < 4.78 is 0. The van der Waals surface area contributed by atoms with E-state index in [0.717, 1.165) is 53.9 Å². The SMILES string of the molecule is Cl.O=C1NCc2c(Cl)ccc(-c3cc4ccc(C(=O)N5CCNCC5)cc4[nH]3)c21. The van der Waals surface area contributed by atoms with Gasteiger partial charge in [-0.25, -0.2) is 0 Å². The molecule has 2 aliphatic rings. The number of nitrogens with zero attached hydrogens (tertiary/aromatic N) is 1. The first-order chi connectivity index (χ1) is 13.6. The van der Waals surface area contributed by atoms with Crippen molar-refractivity contribution in [2.45, 2.75) is 6.54 Å². The van der Waals surface area contributed by atoms with E-state index in [9.17, 15) is 9.59 Å². The fourth-order valence-electron chi connectivity index (χ4n) is 3.99. The monoisotopic (exact) mass is 430 g/mol. The molecule has 0 unspecified atom stereocenters. The van der Waals surface area contributed by atoms with Crippen molar-refractivity contribution in [3.8, 4) is 11.3 Å². The van der Waals surface area contributed by atoms with E-state index in [0.29, 0.717) is 22.7 Å². The summed E-state index contributed by atoms with van der Waals surface area (Å²) >= 11 is 6.25. The van der Waals surface area contributed by atoms with Crippen LogP contribution >= 0.6 is 24.0 Å². The molecule has 0 bridgehead atoms. The fraction of sp³-hybridized carbons (Fsp3) is 0.238. The van der Waals surface area contributed by atoms with Gasteiger partial charge in [-0.2, -0.15) is 0 Å². The summed E-state index contributed by atoms with van der Waals surface area (Å²) in [5.74, 6) is -0.0629. The van der Waals surface area contributed by atoms with Crippen LogP contribution in [0.25, 0.3) is 22.2 Å². The summed E-state index contributed by atoms with van der Waals surface area (Å²) in [6.45, 7) is 3.54.